The quantitative estimate of drug-likeness (QED) is 0.524. The lowest BCUT2D eigenvalue weighted by Gasteiger charge is -2.55. The van der Waals surface area contributed by atoms with Gasteiger partial charge in [0.2, 0.25) is 5.91 Å². The Labute approximate surface area is 211 Å². The zero-order valence-corrected chi connectivity index (χ0v) is 21.0. The molecule has 1 unspecified atom stereocenters. The zero-order valence-electron chi connectivity index (χ0n) is 19.5. The summed E-state index contributed by atoms with van der Waals surface area (Å²) in [6.07, 6.45) is 4.64. The third-order valence-corrected chi connectivity index (χ3v) is 8.18. The molecule has 1 saturated carbocycles. The Morgan fingerprint density at radius 3 is 2.82 bits per heavy atom. The van der Waals surface area contributed by atoms with Gasteiger partial charge in [-0.05, 0) is 61.2 Å². The van der Waals surface area contributed by atoms with E-state index >= 15 is 0 Å². The Morgan fingerprint density at radius 1 is 1.29 bits per heavy atom. The molecule has 0 radical (unpaired) electrons. The fraction of sp³-hybridized carbons (Fsp3) is 0.444. The van der Waals surface area contributed by atoms with Crippen molar-refractivity contribution < 1.29 is 14.6 Å². The Morgan fingerprint density at radius 2 is 2.12 bits per heavy atom. The predicted octanol–water partition coefficient (Wildman–Crippen LogP) is 4.98. The first-order chi connectivity index (χ1) is 16.3. The number of phenolic OH excluding ortho intramolecular Hbond substituents is 1. The van der Waals surface area contributed by atoms with Gasteiger partial charge in [-0.3, -0.25) is 9.69 Å². The van der Waals surface area contributed by atoms with Gasteiger partial charge >= 0.3 is 0 Å². The SMILES string of the molecule is C=CCN1CC[C@@]2(c3cccc(O)c3)C[C@@H](NC(=O)Cc3ccc(Cl)c(Cl)c3)CC(OC)[C@@H]2C1. The largest absolute Gasteiger partial charge is 0.508 e. The predicted molar refractivity (Wildman–Crippen MR) is 137 cm³/mol. The number of carbonyl (C=O) groups excluding carboxylic acids is 1. The number of piperidine rings is 1. The lowest BCUT2D eigenvalue weighted by atomic mass is 9.57. The van der Waals surface area contributed by atoms with Crippen molar-refractivity contribution in [1.82, 2.24) is 10.2 Å². The molecule has 2 aliphatic rings. The maximum atomic E-state index is 13.0. The average Bonchev–Trinajstić information content (AvgIpc) is 2.81. The highest BCUT2D eigenvalue weighted by molar-refractivity contribution is 6.42. The monoisotopic (exact) mass is 502 g/mol. The summed E-state index contributed by atoms with van der Waals surface area (Å²) in [5.74, 6) is 0.460. The minimum atomic E-state index is -0.198. The van der Waals surface area contributed by atoms with Gasteiger partial charge in [0.25, 0.3) is 0 Å². The van der Waals surface area contributed by atoms with Crippen LogP contribution in [0.15, 0.2) is 55.1 Å². The highest BCUT2D eigenvalue weighted by Gasteiger charge is 2.52. The lowest BCUT2D eigenvalue weighted by molar-refractivity contribution is -0.123. The van der Waals surface area contributed by atoms with Crippen LogP contribution in [0.1, 0.15) is 30.4 Å². The first kappa shape index (κ1) is 25.1. The van der Waals surface area contributed by atoms with Crippen LogP contribution in [0.4, 0.5) is 0 Å². The van der Waals surface area contributed by atoms with Crippen molar-refractivity contribution >= 4 is 29.1 Å². The van der Waals surface area contributed by atoms with Crippen LogP contribution in [0, 0.1) is 5.92 Å². The maximum absolute atomic E-state index is 13.0. The van der Waals surface area contributed by atoms with Gasteiger partial charge < -0.3 is 15.2 Å². The van der Waals surface area contributed by atoms with Crippen molar-refractivity contribution in [3.8, 4) is 5.75 Å². The Hall–Kier alpha value is -2.05. The summed E-state index contributed by atoms with van der Waals surface area (Å²) in [6, 6.07) is 12.8. The number of carbonyl (C=O) groups is 1. The molecule has 2 fully saturated rings. The summed E-state index contributed by atoms with van der Waals surface area (Å²) < 4.78 is 6.02. The number of nitrogens with one attached hydrogen (secondary N) is 1. The summed E-state index contributed by atoms with van der Waals surface area (Å²) in [5.41, 5.74) is 1.74. The number of benzene rings is 2. The van der Waals surface area contributed by atoms with E-state index < -0.39 is 0 Å². The average molecular weight is 503 g/mol. The molecule has 5 nitrogen and oxygen atoms in total. The van der Waals surface area contributed by atoms with E-state index in [1.807, 2.05) is 24.3 Å². The molecule has 1 aliphatic carbocycles. The van der Waals surface area contributed by atoms with Gasteiger partial charge in [-0.1, -0.05) is 47.5 Å². The van der Waals surface area contributed by atoms with Gasteiger partial charge in [0.05, 0.1) is 22.6 Å². The van der Waals surface area contributed by atoms with Crippen molar-refractivity contribution in [3.05, 3.63) is 76.3 Å². The Kier molecular flexibility index (Phi) is 7.88. The second kappa shape index (κ2) is 10.7. The molecule has 2 N–H and O–H groups in total. The summed E-state index contributed by atoms with van der Waals surface area (Å²) in [5, 5.41) is 14.4. The highest BCUT2D eigenvalue weighted by Crippen LogP contribution is 2.50. The molecule has 1 aliphatic heterocycles. The number of ether oxygens (including phenoxy) is 1. The molecule has 0 aromatic heterocycles. The number of halogens is 2. The number of rotatable bonds is 7. The van der Waals surface area contributed by atoms with Crippen molar-refractivity contribution in [2.45, 2.75) is 43.2 Å². The number of methoxy groups -OCH3 is 1. The van der Waals surface area contributed by atoms with Crippen molar-refractivity contribution in [2.24, 2.45) is 5.92 Å². The van der Waals surface area contributed by atoms with Gasteiger partial charge in [-0.2, -0.15) is 0 Å². The van der Waals surface area contributed by atoms with E-state index in [2.05, 4.69) is 22.9 Å². The molecular weight excluding hydrogens is 471 g/mol. The van der Waals surface area contributed by atoms with E-state index in [1.165, 1.54) is 0 Å². The van der Waals surface area contributed by atoms with E-state index in [0.29, 0.717) is 10.0 Å². The molecule has 4 atom stereocenters. The highest BCUT2D eigenvalue weighted by atomic mass is 35.5. The van der Waals surface area contributed by atoms with Crippen molar-refractivity contribution in [3.63, 3.8) is 0 Å². The van der Waals surface area contributed by atoms with Crippen LogP contribution in [-0.4, -0.2) is 54.8 Å². The third-order valence-electron chi connectivity index (χ3n) is 7.44. The lowest BCUT2D eigenvalue weighted by Crippen LogP contribution is -2.61. The molecule has 0 bridgehead atoms. The van der Waals surface area contributed by atoms with Crippen LogP contribution >= 0.6 is 23.2 Å². The van der Waals surface area contributed by atoms with E-state index in [1.54, 1.807) is 25.3 Å². The molecule has 1 amide bonds. The normalized spacial score (nSPS) is 27.1. The van der Waals surface area contributed by atoms with E-state index in [9.17, 15) is 9.90 Å². The fourth-order valence-electron chi connectivity index (χ4n) is 5.91. The minimum Gasteiger partial charge on any atom is -0.508 e. The molecule has 2 aromatic rings. The van der Waals surface area contributed by atoms with Gasteiger partial charge in [0.15, 0.2) is 0 Å². The van der Waals surface area contributed by atoms with E-state index in [0.717, 1.165) is 50.0 Å². The van der Waals surface area contributed by atoms with Gasteiger partial charge in [0.1, 0.15) is 5.75 Å². The standard InChI is InChI=1S/C27H32Cl2N2O3/c1-3-10-31-11-9-27(19-5-4-6-21(32)14-19)16-20(15-25(34-2)22(27)17-31)30-26(33)13-18-7-8-23(28)24(29)12-18/h3-8,12,14,20,22,25,32H,1,9-11,13,15-17H2,2H3,(H,30,33)/t20-,22-,25?,27-/m0/s1. The fourth-order valence-corrected chi connectivity index (χ4v) is 6.23. The number of fused-ring (bicyclic) bond motifs is 1. The smallest absolute Gasteiger partial charge is 0.224 e. The summed E-state index contributed by atoms with van der Waals surface area (Å²) in [4.78, 5) is 15.4. The van der Waals surface area contributed by atoms with Crippen LogP contribution in [0.5, 0.6) is 5.75 Å². The number of hydrogen-bond donors (Lipinski definition) is 2. The first-order valence-corrected chi connectivity index (χ1v) is 12.5. The molecule has 2 aromatic carbocycles. The second-order valence-corrected chi connectivity index (χ2v) is 10.3. The first-order valence-electron chi connectivity index (χ1n) is 11.7. The molecule has 1 saturated heterocycles. The number of nitrogens with zero attached hydrogens (tertiary/aromatic N) is 1. The molecule has 4 rings (SSSR count). The maximum Gasteiger partial charge on any atom is 0.224 e. The number of hydrogen-bond acceptors (Lipinski definition) is 4. The third kappa shape index (κ3) is 5.28. The number of aromatic hydroxyl groups is 1. The van der Waals surface area contributed by atoms with Gasteiger partial charge in [-0.15, -0.1) is 6.58 Å². The molecule has 34 heavy (non-hydrogen) atoms. The second-order valence-electron chi connectivity index (χ2n) is 9.51. The minimum absolute atomic E-state index is 0.0148. The Balaban J connectivity index is 1.58. The molecule has 0 spiro atoms. The molecular formula is C27H32Cl2N2O3. The molecule has 1 heterocycles. The topological polar surface area (TPSA) is 61.8 Å². The summed E-state index contributed by atoms with van der Waals surface area (Å²) in [6.45, 7) is 6.57. The van der Waals surface area contributed by atoms with Gasteiger partial charge in [0, 0.05) is 37.6 Å². The van der Waals surface area contributed by atoms with Crippen molar-refractivity contribution in [1.29, 1.82) is 0 Å². The number of amides is 1. The summed E-state index contributed by atoms with van der Waals surface area (Å²) >= 11 is 12.1. The number of likely N-dealkylation sites (tertiary alicyclic amines) is 1. The molecule has 182 valence electrons. The van der Waals surface area contributed by atoms with Crippen molar-refractivity contribution in [2.75, 3.05) is 26.7 Å². The zero-order chi connectivity index (χ0) is 24.3. The van der Waals surface area contributed by atoms with Crippen LogP contribution in [0.3, 0.4) is 0 Å². The van der Waals surface area contributed by atoms with Crippen LogP contribution in [-0.2, 0) is 21.4 Å². The van der Waals surface area contributed by atoms with E-state index in [-0.39, 0.29) is 41.6 Å². The summed E-state index contributed by atoms with van der Waals surface area (Å²) in [7, 11) is 1.75. The van der Waals surface area contributed by atoms with Crippen LogP contribution in [0.2, 0.25) is 10.0 Å². The van der Waals surface area contributed by atoms with Crippen LogP contribution < -0.4 is 5.32 Å². The Bertz CT molecular complexity index is 1050. The van der Waals surface area contributed by atoms with Gasteiger partial charge in [-0.25, -0.2) is 0 Å². The molecule has 7 heteroatoms. The van der Waals surface area contributed by atoms with Crippen LogP contribution in [0.25, 0.3) is 0 Å². The van der Waals surface area contributed by atoms with E-state index in [4.69, 9.17) is 27.9 Å². The number of phenols is 1.